The van der Waals surface area contributed by atoms with Crippen molar-refractivity contribution >= 4 is 11.8 Å². The lowest BCUT2D eigenvalue weighted by Crippen LogP contribution is -2.50. The van der Waals surface area contributed by atoms with Crippen molar-refractivity contribution in [2.45, 2.75) is 39.3 Å². The molecule has 0 aliphatic heterocycles. The molecule has 5 nitrogen and oxygen atoms in total. The van der Waals surface area contributed by atoms with Crippen LogP contribution in [-0.4, -0.2) is 28.5 Å². The summed E-state index contributed by atoms with van der Waals surface area (Å²) in [4.78, 5) is 23.7. The third-order valence-corrected chi connectivity index (χ3v) is 2.46. The van der Waals surface area contributed by atoms with Gasteiger partial charge in [0.05, 0.1) is 0 Å². The van der Waals surface area contributed by atoms with Crippen LogP contribution >= 0.6 is 0 Å². The van der Waals surface area contributed by atoms with Gasteiger partial charge in [0.1, 0.15) is 23.2 Å². The average molecular weight is 282 g/mol. The number of halogens is 1. The van der Waals surface area contributed by atoms with Crippen LogP contribution in [0, 0.1) is 5.82 Å². The fourth-order valence-corrected chi connectivity index (χ4v) is 1.55. The number of hydrogen-bond acceptors (Lipinski definition) is 3. The number of nitrogens with one attached hydrogen (secondary N) is 2. The Morgan fingerprint density at radius 3 is 2.40 bits per heavy atom. The second-order valence-electron chi connectivity index (χ2n) is 5.57. The molecule has 0 saturated carbocycles. The smallest absolute Gasteiger partial charge is 0.258 e. The van der Waals surface area contributed by atoms with Gasteiger partial charge in [-0.05, 0) is 39.8 Å². The highest BCUT2D eigenvalue weighted by atomic mass is 19.1. The van der Waals surface area contributed by atoms with E-state index in [4.69, 9.17) is 0 Å². The molecule has 0 aromatic heterocycles. The van der Waals surface area contributed by atoms with Gasteiger partial charge in [-0.15, -0.1) is 0 Å². The lowest BCUT2D eigenvalue weighted by molar-refractivity contribution is -0.124. The molecule has 110 valence electrons. The largest absolute Gasteiger partial charge is 0.507 e. The van der Waals surface area contributed by atoms with Gasteiger partial charge in [-0.25, -0.2) is 4.39 Å². The molecule has 1 rings (SSSR count). The molecule has 1 unspecified atom stereocenters. The highest BCUT2D eigenvalue weighted by molar-refractivity contribution is 5.99. The molecule has 1 aromatic rings. The van der Waals surface area contributed by atoms with E-state index in [9.17, 15) is 19.1 Å². The summed E-state index contributed by atoms with van der Waals surface area (Å²) in [5.74, 6) is -2.53. The summed E-state index contributed by atoms with van der Waals surface area (Å²) in [6, 6.07) is 2.71. The van der Waals surface area contributed by atoms with E-state index in [-0.39, 0.29) is 5.91 Å². The van der Waals surface area contributed by atoms with Gasteiger partial charge in [-0.2, -0.15) is 0 Å². The van der Waals surface area contributed by atoms with Crippen LogP contribution in [0.2, 0.25) is 0 Å². The first-order chi connectivity index (χ1) is 9.11. The summed E-state index contributed by atoms with van der Waals surface area (Å²) in [7, 11) is 0. The monoisotopic (exact) mass is 282 g/mol. The van der Waals surface area contributed by atoms with E-state index in [1.165, 1.54) is 19.1 Å². The van der Waals surface area contributed by atoms with E-state index in [0.29, 0.717) is 0 Å². The maximum Gasteiger partial charge on any atom is 0.258 e. The first-order valence-electron chi connectivity index (χ1n) is 6.22. The van der Waals surface area contributed by atoms with Crippen molar-refractivity contribution in [2.24, 2.45) is 0 Å². The number of phenols is 1. The molecule has 0 bridgehead atoms. The number of aromatic hydroxyl groups is 1. The lowest BCUT2D eigenvalue weighted by atomic mass is 10.1. The summed E-state index contributed by atoms with van der Waals surface area (Å²) >= 11 is 0. The van der Waals surface area contributed by atoms with E-state index in [0.717, 1.165) is 6.07 Å². The van der Waals surface area contributed by atoms with E-state index in [2.05, 4.69) is 10.6 Å². The highest BCUT2D eigenvalue weighted by Crippen LogP contribution is 2.19. The van der Waals surface area contributed by atoms with Crippen molar-refractivity contribution in [3.63, 3.8) is 0 Å². The minimum Gasteiger partial charge on any atom is -0.507 e. The molecule has 2 amide bonds. The number of phenolic OH excluding ortho intramolecular Hbond substituents is 1. The van der Waals surface area contributed by atoms with E-state index < -0.39 is 34.6 Å². The van der Waals surface area contributed by atoms with Crippen molar-refractivity contribution in [1.82, 2.24) is 10.6 Å². The first-order valence-corrected chi connectivity index (χ1v) is 6.22. The first kappa shape index (κ1) is 15.9. The Bertz CT molecular complexity index is 503. The van der Waals surface area contributed by atoms with Crippen LogP contribution in [0.25, 0.3) is 0 Å². The van der Waals surface area contributed by atoms with Crippen molar-refractivity contribution in [3.8, 4) is 5.75 Å². The molecular weight excluding hydrogens is 263 g/mol. The third kappa shape index (κ3) is 4.22. The number of benzene rings is 1. The van der Waals surface area contributed by atoms with Gasteiger partial charge < -0.3 is 15.7 Å². The van der Waals surface area contributed by atoms with Gasteiger partial charge in [-0.1, -0.05) is 6.07 Å². The Morgan fingerprint density at radius 2 is 1.90 bits per heavy atom. The van der Waals surface area contributed by atoms with Gasteiger partial charge in [-0.3, -0.25) is 9.59 Å². The van der Waals surface area contributed by atoms with E-state index in [1.807, 2.05) is 20.8 Å². The van der Waals surface area contributed by atoms with Gasteiger partial charge in [0.25, 0.3) is 5.91 Å². The second kappa shape index (κ2) is 5.90. The van der Waals surface area contributed by atoms with Crippen LogP contribution in [0.5, 0.6) is 5.75 Å². The van der Waals surface area contributed by atoms with Crippen LogP contribution in [-0.2, 0) is 4.79 Å². The van der Waals surface area contributed by atoms with Crippen LogP contribution in [0.15, 0.2) is 18.2 Å². The molecule has 1 atom stereocenters. The van der Waals surface area contributed by atoms with Crippen LogP contribution in [0.3, 0.4) is 0 Å². The van der Waals surface area contributed by atoms with Gasteiger partial charge in [0, 0.05) is 5.54 Å². The van der Waals surface area contributed by atoms with Crippen LogP contribution < -0.4 is 10.6 Å². The van der Waals surface area contributed by atoms with Crippen molar-refractivity contribution in [1.29, 1.82) is 0 Å². The van der Waals surface area contributed by atoms with Crippen molar-refractivity contribution < 1.29 is 19.1 Å². The van der Waals surface area contributed by atoms with Gasteiger partial charge in [0.2, 0.25) is 5.91 Å². The molecule has 0 aliphatic carbocycles. The Labute approximate surface area is 117 Å². The number of rotatable bonds is 3. The number of carbonyl (C=O) groups is 2. The topological polar surface area (TPSA) is 78.4 Å². The maximum atomic E-state index is 13.5. The molecule has 1 aromatic carbocycles. The molecule has 20 heavy (non-hydrogen) atoms. The number of amides is 2. The van der Waals surface area contributed by atoms with Crippen molar-refractivity contribution in [3.05, 3.63) is 29.6 Å². The molecule has 0 saturated heterocycles. The molecule has 0 aliphatic rings. The Balaban J connectivity index is 2.78. The second-order valence-corrected chi connectivity index (χ2v) is 5.57. The zero-order valence-electron chi connectivity index (χ0n) is 12.0. The molecule has 0 spiro atoms. The van der Waals surface area contributed by atoms with E-state index in [1.54, 1.807) is 0 Å². The fourth-order valence-electron chi connectivity index (χ4n) is 1.55. The Kier molecular flexibility index (Phi) is 4.70. The maximum absolute atomic E-state index is 13.5. The minimum absolute atomic E-state index is 0.387. The number of carbonyl (C=O) groups excluding carboxylic acids is 2. The lowest BCUT2D eigenvalue weighted by Gasteiger charge is -2.23. The molecule has 0 fully saturated rings. The van der Waals surface area contributed by atoms with Crippen molar-refractivity contribution in [2.75, 3.05) is 0 Å². The predicted molar refractivity (Wildman–Crippen MR) is 72.9 cm³/mol. The molecular formula is C14H19FN2O3. The summed E-state index contributed by atoms with van der Waals surface area (Å²) in [5.41, 5.74) is -0.904. The molecule has 3 N–H and O–H groups in total. The van der Waals surface area contributed by atoms with Crippen LogP contribution in [0.1, 0.15) is 38.1 Å². The van der Waals surface area contributed by atoms with Crippen LogP contribution in [0.4, 0.5) is 4.39 Å². The quantitative estimate of drug-likeness (QED) is 0.787. The number of hydrogen-bond donors (Lipinski definition) is 3. The normalized spacial score (nSPS) is 12.7. The summed E-state index contributed by atoms with van der Waals surface area (Å²) in [6.07, 6.45) is 0. The molecule has 0 heterocycles. The Morgan fingerprint density at radius 1 is 1.30 bits per heavy atom. The van der Waals surface area contributed by atoms with E-state index >= 15 is 0 Å². The average Bonchev–Trinajstić information content (AvgIpc) is 2.26. The fraction of sp³-hybridized carbons (Fsp3) is 0.429. The molecule has 6 heteroatoms. The minimum atomic E-state index is -0.847. The Hall–Kier alpha value is -2.11. The zero-order valence-corrected chi connectivity index (χ0v) is 12.0. The molecule has 0 radical (unpaired) electrons. The summed E-state index contributed by atoms with van der Waals surface area (Å²) in [5, 5.41) is 14.5. The standard InChI is InChI=1S/C14H19FN2O3/c1-8(12(19)17-14(2,3)4)16-13(20)11-9(15)6-5-7-10(11)18/h5-8,18H,1-4H3,(H,16,20)(H,17,19). The predicted octanol–water partition coefficient (Wildman–Crippen LogP) is 1.56. The summed E-state index contributed by atoms with van der Waals surface area (Å²) < 4.78 is 13.5. The van der Waals surface area contributed by atoms with Gasteiger partial charge >= 0.3 is 0 Å². The zero-order chi connectivity index (χ0) is 15.5. The van der Waals surface area contributed by atoms with Gasteiger partial charge in [0.15, 0.2) is 0 Å². The SMILES string of the molecule is CC(NC(=O)c1c(O)cccc1F)C(=O)NC(C)(C)C. The summed E-state index contributed by atoms with van der Waals surface area (Å²) in [6.45, 7) is 6.91. The third-order valence-electron chi connectivity index (χ3n) is 2.46. The highest BCUT2D eigenvalue weighted by Gasteiger charge is 2.23.